The molecule has 1 atom stereocenters. The van der Waals surface area contributed by atoms with Crippen LogP contribution in [0.15, 0.2) is 48.5 Å². The first-order chi connectivity index (χ1) is 14.5. The highest BCUT2D eigenvalue weighted by Crippen LogP contribution is 2.31. The lowest BCUT2D eigenvalue weighted by Gasteiger charge is -2.37. The van der Waals surface area contributed by atoms with Crippen LogP contribution in [0.3, 0.4) is 0 Å². The van der Waals surface area contributed by atoms with Crippen molar-refractivity contribution in [1.82, 2.24) is 14.7 Å². The van der Waals surface area contributed by atoms with Gasteiger partial charge in [-0.2, -0.15) is 0 Å². The largest absolute Gasteiger partial charge is 0.493 e. The number of hydrogen-bond acceptors (Lipinski definition) is 5. The number of hydrogen-bond donors (Lipinski definition) is 0. The van der Waals surface area contributed by atoms with Gasteiger partial charge in [0.25, 0.3) is 0 Å². The molecule has 1 unspecified atom stereocenters. The zero-order valence-electron chi connectivity index (χ0n) is 18.5. The second-order valence-electron chi connectivity index (χ2n) is 7.83. The molecule has 0 aliphatic carbocycles. The second-order valence-corrected chi connectivity index (χ2v) is 7.83. The Labute approximate surface area is 180 Å². The Balaban J connectivity index is 1.54. The van der Waals surface area contributed by atoms with Gasteiger partial charge in [0.1, 0.15) is 0 Å². The lowest BCUT2D eigenvalue weighted by Crippen LogP contribution is -2.53. The molecule has 3 rings (SSSR count). The standard InChI is InChI=1S/C24H33N3O3/c1-19(25(2)18-21-11-8-12-22(29-3)23(21)30-4)24(28)27-15-13-26(14-16-27)17-20-9-6-5-7-10-20/h5-12,19H,13-18H2,1-4H3. The third kappa shape index (κ3) is 5.32. The zero-order valence-corrected chi connectivity index (χ0v) is 18.5. The predicted molar refractivity (Wildman–Crippen MR) is 119 cm³/mol. The number of methoxy groups -OCH3 is 2. The monoisotopic (exact) mass is 411 g/mol. The number of amides is 1. The predicted octanol–water partition coefficient (Wildman–Crippen LogP) is 2.87. The smallest absolute Gasteiger partial charge is 0.239 e. The van der Waals surface area contributed by atoms with E-state index < -0.39 is 0 Å². The summed E-state index contributed by atoms with van der Waals surface area (Å²) in [6.45, 7) is 6.88. The number of likely N-dealkylation sites (N-methyl/N-ethyl adjacent to an activating group) is 1. The summed E-state index contributed by atoms with van der Waals surface area (Å²) in [7, 11) is 5.26. The molecule has 2 aromatic carbocycles. The number of rotatable bonds is 8. The Morgan fingerprint density at radius 2 is 1.70 bits per heavy atom. The van der Waals surface area contributed by atoms with Crippen LogP contribution in [-0.2, 0) is 17.9 Å². The fourth-order valence-corrected chi connectivity index (χ4v) is 3.90. The molecule has 1 saturated heterocycles. The van der Waals surface area contributed by atoms with Crippen molar-refractivity contribution in [2.24, 2.45) is 0 Å². The molecule has 1 fully saturated rings. The number of benzene rings is 2. The maximum atomic E-state index is 13.1. The van der Waals surface area contributed by atoms with Gasteiger partial charge in [-0.25, -0.2) is 0 Å². The van der Waals surface area contributed by atoms with E-state index in [4.69, 9.17) is 9.47 Å². The summed E-state index contributed by atoms with van der Waals surface area (Å²) in [5.41, 5.74) is 2.32. The van der Waals surface area contributed by atoms with E-state index in [9.17, 15) is 4.79 Å². The fourth-order valence-electron chi connectivity index (χ4n) is 3.90. The van der Waals surface area contributed by atoms with Gasteiger partial charge in [0, 0.05) is 44.8 Å². The molecule has 0 spiro atoms. The topological polar surface area (TPSA) is 45.2 Å². The van der Waals surface area contributed by atoms with Gasteiger partial charge in [0.2, 0.25) is 5.91 Å². The maximum absolute atomic E-state index is 13.1. The zero-order chi connectivity index (χ0) is 21.5. The highest BCUT2D eigenvalue weighted by molar-refractivity contribution is 5.81. The fraction of sp³-hybridized carbons (Fsp3) is 0.458. The number of carbonyl (C=O) groups excluding carboxylic acids is 1. The van der Waals surface area contributed by atoms with Crippen LogP contribution in [0, 0.1) is 0 Å². The van der Waals surface area contributed by atoms with Gasteiger partial charge in [-0.3, -0.25) is 14.6 Å². The van der Waals surface area contributed by atoms with Crippen molar-refractivity contribution in [3.05, 3.63) is 59.7 Å². The van der Waals surface area contributed by atoms with Crippen molar-refractivity contribution in [3.63, 3.8) is 0 Å². The number of piperazine rings is 1. The van der Waals surface area contributed by atoms with E-state index in [-0.39, 0.29) is 11.9 Å². The minimum atomic E-state index is -0.207. The van der Waals surface area contributed by atoms with Crippen molar-refractivity contribution in [3.8, 4) is 11.5 Å². The summed E-state index contributed by atoms with van der Waals surface area (Å²) in [6, 6.07) is 16.1. The van der Waals surface area contributed by atoms with Crippen molar-refractivity contribution in [2.45, 2.75) is 26.1 Å². The minimum absolute atomic E-state index is 0.179. The van der Waals surface area contributed by atoms with Crippen LogP contribution in [0.2, 0.25) is 0 Å². The molecular formula is C24H33N3O3. The molecule has 0 saturated carbocycles. The van der Waals surface area contributed by atoms with Crippen LogP contribution >= 0.6 is 0 Å². The maximum Gasteiger partial charge on any atom is 0.239 e. The van der Waals surface area contributed by atoms with E-state index in [1.165, 1.54) is 5.56 Å². The highest BCUT2D eigenvalue weighted by Gasteiger charge is 2.27. The van der Waals surface area contributed by atoms with E-state index in [1.807, 2.05) is 43.1 Å². The Hall–Kier alpha value is -2.57. The quantitative estimate of drug-likeness (QED) is 0.668. The van der Waals surface area contributed by atoms with Crippen LogP contribution in [0.25, 0.3) is 0 Å². The van der Waals surface area contributed by atoms with Crippen molar-refractivity contribution < 1.29 is 14.3 Å². The first-order valence-corrected chi connectivity index (χ1v) is 10.5. The molecule has 0 N–H and O–H groups in total. The summed E-state index contributed by atoms with van der Waals surface area (Å²) >= 11 is 0. The van der Waals surface area contributed by atoms with Crippen LogP contribution in [0.1, 0.15) is 18.1 Å². The Morgan fingerprint density at radius 1 is 1.00 bits per heavy atom. The summed E-state index contributed by atoms with van der Waals surface area (Å²) in [5.74, 6) is 1.61. The molecule has 162 valence electrons. The Morgan fingerprint density at radius 3 is 2.33 bits per heavy atom. The summed E-state index contributed by atoms with van der Waals surface area (Å²) in [4.78, 5) is 19.6. The van der Waals surface area contributed by atoms with E-state index in [1.54, 1.807) is 14.2 Å². The van der Waals surface area contributed by atoms with Gasteiger partial charge in [-0.15, -0.1) is 0 Å². The Kier molecular flexibility index (Phi) is 7.71. The molecule has 0 aromatic heterocycles. The van der Waals surface area contributed by atoms with Gasteiger partial charge in [0.15, 0.2) is 11.5 Å². The molecule has 30 heavy (non-hydrogen) atoms. The van der Waals surface area contributed by atoms with Gasteiger partial charge in [0.05, 0.1) is 20.3 Å². The number of ether oxygens (including phenoxy) is 2. The Bertz CT molecular complexity index is 820. The number of carbonyl (C=O) groups is 1. The minimum Gasteiger partial charge on any atom is -0.493 e. The first-order valence-electron chi connectivity index (χ1n) is 10.5. The van der Waals surface area contributed by atoms with E-state index in [0.717, 1.165) is 44.0 Å². The molecular weight excluding hydrogens is 378 g/mol. The summed E-state index contributed by atoms with van der Waals surface area (Å²) < 4.78 is 10.9. The van der Waals surface area contributed by atoms with Crippen molar-refractivity contribution in [1.29, 1.82) is 0 Å². The molecule has 1 heterocycles. The van der Waals surface area contributed by atoms with E-state index in [2.05, 4.69) is 34.1 Å². The highest BCUT2D eigenvalue weighted by atomic mass is 16.5. The van der Waals surface area contributed by atoms with Gasteiger partial charge in [-0.05, 0) is 25.6 Å². The molecule has 2 aromatic rings. The van der Waals surface area contributed by atoms with Crippen molar-refractivity contribution in [2.75, 3.05) is 47.4 Å². The lowest BCUT2D eigenvalue weighted by molar-refractivity contribution is -0.138. The van der Waals surface area contributed by atoms with Gasteiger partial charge < -0.3 is 14.4 Å². The van der Waals surface area contributed by atoms with Crippen LogP contribution in [0.4, 0.5) is 0 Å². The van der Waals surface area contributed by atoms with Gasteiger partial charge >= 0.3 is 0 Å². The molecule has 6 heteroatoms. The van der Waals surface area contributed by atoms with Crippen LogP contribution in [0.5, 0.6) is 11.5 Å². The lowest BCUT2D eigenvalue weighted by atomic mass is 10.1. The average molecular weight is 412 g/mol. The summed E-state index contributed by atoms with van der Waals surface area (Å²) in [6.07, 6.45) is 0. The van der Waals surface area contributed by atoms with E-state index >= 15 is 0 Å². The summed E-state index contributed by atoms with van der Waals surface area (Å²) in [5, 5.41) is 0. The molecule has 0 bridgehead atoms. The third-order valence-corrected chi connectivity index (χ3v) is 5.86. The third-order valence-electron chi connectivity index (χ3n) is 5.86. The second kappa shape index (κ2) is 10.5. The van der Waals surface area contributed by atoms with Crippen LogP contribution in [-0.4, -0.2) is 74.1 Å². The molecule has 1 aliphatic heterocycles. The number of nitrogens with zero attached hydrogens (tertiary/aromatic N) is 3. The normalized spacial score (nSPS) is 15.8. The molecule has 1 aliphatic rings. The van der Waals surface area contributed by atoms with Crippen molar-refractivity contribution >= 4 is 5.91 Å². The SMILES string of the molecule is COc1cccc(CN(C)C(C)C(=O)N2CCN(Cc3ccccc3)CC2)c1OC. The van der Waals surface area contributed by atoms with Crippen LogP contribution < -0.4 is 9.47 Å². The molecule has 0 radical (unpaired) electrons. The average Bonchev–Trinajstić information content (AvgIpc) is 2.79. The first kappa shape index (κ1) is 22.1. The van der Waals surface area contributed by atoms with E-state index in [0.29, 0.717) is 12.3 Å². The molecule has 6 nitrogen and oxygen atoms in total. The molecule has 1 amide bonds. The number of para-hydroxylation sites is 1. The van der Waals surface area contributed by atoms with Gasteiger partial charge in [-0.1, -0.05) is 42.5 Å².